The quantitative estimate of drug-likeness (QED) is 0.149. The number of furan rings is 1. The van der Waals surface area contributed by atoms with E-state index < -0.39 is 4.92 Å². The number of hydrogen-bond donors (Lipinski definition) is 0. The molecule has 0 radical (unpaired) electrons. The van der Waals surface area contributed by atoms with E-state index >= 15 is 0 Å². The van der Waals surface area contributed by atoms with Gasteiger partial charge in [-0.05, 0) is 57.2 Å². The van der Waals surface area contributed by atoms with Gasteiger partial charge in [-0.3, -0.25) is 14.8 Å². The van der Waals surface area contributed by atoms with E-state index in [9.17, 15) is 14.5 Å². The van der Waals surface area contributed by atoms with Crippen molar-refractivity contribution in [2.45, 2.75) is 38.4 Å². The van der Waals surface area contributed by atoms with E-state index in [1.165, 1.54) is 30.1 Å². The van der Waals surface area contributed by atoms with E-state index in [0.717, 1.165) is 0 Å². The Balaban J connectivity index is 1.41. The molecule has 34 heavy (non-hydrogen) atoms. The predicted molar refractivity (Wildman–Crippen MR) is 121 cm³/mol. The van der Waals surface area contributed by atoms with Crippen LogP contribution in [0.5, 0.6) is 5.75 Å². The van der Waals surface area contributed by atoms with Crippen LogP contribution in [-0.2, 0) is 12.5 Å². The molecule has 0 saturated carbocycles. The third-order valence-electron chi connectivity index (χ3n) is 4.79. The van der Waals surface area contributed by atoms with Crippen LogP contribution >= 0.6 is 11.8 Å². The molecule has 1 aromatic carbocycles. The Hall–Kier alpha value is -4.00. The van der Waals surface area contributed by atoms with Gasteiger partial charge in [-0.2, -0.15) is 14.9 Å². The standard InChI is InChI=1S/C21H20FN7O4S/c1-13-20(29(30)31)14(2)27(26-13)12-34-21-25-24-15(3)28(21)23-10-18-8-9-19(33-18)11-32-17-6-4-16(22)5-7-17/h4-10H,11-12H2,1-3H3. The first-order valence-corrected chi connectivity index (χ1v) is 11.0. The Morgan fingerprint density at radius 2 is 1.97 bits per heavy atom. The maximum Gasteiger partial charge on any atom is 0.312 e. The van der Waals surface area contributed by atoms with Gasteiger partial charge in [0.2, 0.25) is 5.16 Å². The fourth-order valence-corrected chi connectivity index (χ4v) is 3.99. The molecule has 0 fully saturated rings. The summed E-state index contributed by atoms with van der Waals surface area (Å²) in [7, 11) is 0. The van der Waals surface area contributed by atoms with Crippen LogP contribution in [0, 0.1) is 36.7 Å². The minimum absolute atomic E-state index is 0.00768. The second-order valence-corrected chi connectivity index (χ2v) is 8.09. The number of ether oxygens (including phenoxy) is 1. The minimum Gasteiger partial charge on any atom is -0.486 e. The lowest BCUT2D eigenvalue weighted by Gasteiger charge is -2.04. The first kappa shape index (κ1) is 23.2. The molecule has 0 N–H and O–H groups in total. The fraction of sp³-hybridized carbons (Fsp3) is 0.238. The molecular weight excluding hydrogens is 465 g/mol. The van der Waals surface area contributed by atoms with Gasteiger partial charge in [-0.25, -0.2) is 4.39 Å². The summed E-state index contributed by atoms with van der Waals surface area (Å²) in [6, 6.07) is 9.23. The molecular formula is C21H20FN7O4S. The SMILES string of the molecule is Cc1nn(CSc2nnc(C)n2N=Cc2ccc(COc3ccc(F)cc3)o2)c(C)c1[N+](=O)[O-]. The number of halogens is 1. The molecule has 0 amide bonds. The molecule has 3 heterocycles. The van der Waals surface area contributed by atoms with Gasteiger partial charge in [-0.15, -0.1) is 10.2 Å². The average molecular weight is 486 g/mol. The van der Waals surface area contributed by atoms with Crippen LogP contribution in [0.15, 0.2) is 51.1 Å². The number of aryl methyl sites for hydroxylation is 2. The van der Waals surface area contributed by atoms with Crippen molar-refractivity contribution in [1.82, 2.24) is 24.7 Å². The molecule has 4 aromatic rings. The molecule has 0 unspecified atom stereocenters. The summed E-state index contributed by atoms with van der Waals surface area (Å²) in [4.78, 5) is 10.8. The molecule has 176 valence electrons. The summed E-state index contributed by atoms with van der Waals surface area (Å²) in [6.07, 6.45) is 1.52. The topological polar surface area (TPSA) is 126 Å². The van der Waals surface area contributed by atoms with Crippen molar-refractivity contribution in [3.63, 3.8) is 0 Å². The third kappa shape index (κ3) is 5.14. The van der Waals surface area contributed by atoms with Gasteiger partial charge in [0.05, 0.1) is 17.0 Å². The molecule has 0 saturated heterocycles. The molecule has 0 aliphatic rings. The zero-order chi connectivity index (χ0) is 24.2. The van der Waals surface area contributed by atoms with Crippen molar-refractivity contribution < 1.29 is 18.5 Å². The largest absolute Gasteiger partial charge is 0.486 e. The summed E-state index contributed by atoms with van der Waals surface area (Å²) in [6.45, 7) is 5.19. The van der Waals surface area contributed by atoms with E-state index in [1.807, 2.05) is 0 Å². The maximum atomic E-state index is 13.0. The Bertz CT molecular complexity index is 1340. The van der Waals surface area contributed by atoms with E-state index in [-0.39, 0.29) is 18.1 Å². The van der Waals surface area contributed by atoms with Crippen molar-refractivity contribution in [3.8, 4) is 5.75 Å². The van der Waals surface area contributed by atoms with Gasteiger partial charge in [-0.1, -0.05) is 11.8 Å². The Kier molecular flexibility index (Phi) is 6.72. The maximum absolute atomic E-state index is 13.0. The monoisotopic (exact) mass is 485 g/mol. The first-order chi connectivity index (χ1) is 16.3. The number of rotatable bonds is 9. The van der Waals surface area contributed by atoms with Crippen molar-refractivity contribution >= 4 is 23.7 Å². The van der Waals surface area contributed by atoms with Gasteiger partial charge in [0.25, 0.3) is 0 Å². The number of nitrogens with zero attached hydrogens (tertiary/aromatic N) is 7. The second-order valence-electron chi connectivity index (χ2n) is 7.18. The van der Waals surface area contributed by atoms with Crippen LogP contribution in [0.1, 0.15) is 28.7 Å². The van der Waals surface area contributed by atoms with E-state index in [4.69, 9.17) is 9.15 Å². The molecule has 4 rings (SSSR count). The number of nitro groups is 1. The summed E-state index contributed by atoms with van der Waals surface area (Å²) in [5.41, 5.74) is 0.830. The van der Waals surface area contributed by atoms with Gasteiger partial charge >= 0.3 is 5.69 Å². The molecule has 0 atom stereocenters. The van der Waals surface area contributed by atoms with Gasteiger partial charge in [0, 0.05) is 0 Å². The highest BCUT2D eigenvalue weighted by Crippen LogP contribution is 2.25. The molecule has 3 aromatic heterocycles. The van der Waals surface area contributed by atoms with Gasteiger partial charge < -0.3 is 9.15 Å². The van der Waals surface area contributed by atoms with Crippen molar-refractivity contribution in [1.29, 1.82) is 0 Å². The van der Waals surface area contributed by atoms with Crippen LogP contribution in [0.3, 0.4) is 0 Å². The zero-order valence-electron chi connectivity index (χ0n) is 18.5. The van der Waals surface area contributed by atoms with Crippen molar-refractivity contribution in [2.75, 3.05) is 0 Å². The van der Waals surface area contributed by atoms with Crippen molar-refractivity contribution in [2.24, 2.45) is 5.10 Å². The van der Waals surface area contributed by atoms with Crippen LogP contribution in [0.25, 0.3) is 0 Å². The molecule has 0 aliphatic heterocycles. The van der Waals surface area contributed by atoms with Crippen LogP contribution in [-0.4, -0.2) is 35.8 Å². The number of benzene rings is 1. The highest BCUT2D eigenvalue weighted by molar-refractivity contribution is 7.98. The molecule has 0 bridgehead atoms. The molecule has 13 heteroatoms. The van der Waals surface area contributed by atoms with E-state index in [2.05, 4.69) is 20.4 Å². The number of thioether (sulfide) groups is 1. The lowest BCUT2D eigenvalue weighted by atomic mass is 10.3. The normalized spacial score (nSPS) is 11.4. The zero-order valence-corrected chi connectivity index (χ0v) is 19.3. The summed E-state index contributed by atoms with van der Waals surface area (Å²) in [5, 5.41) is 28.5. The van der Waals surface area contributed by atoms with E-state index in [0.29, 0.717) is 45.5 Å². The average Bonchev–Trinajstić information content (AvgIpc) is 3.47. The lowest BCUT2D eigenvalue weighted by molar-refractivity contribution is -0.386. The van der Waals surface area contributed by atoms with Gasteiger partial charge in [0.15, 0.2) is 5.82 Å². The van der Waals surface area contributed by atoms with E-state index in [1.54, 1.807) is 54.4 Å². The molecule has 0 aliphatic carbocycles. The fourth-order valence-electron chi connectivity index (χ4n) is 3.10. The minimum atomic E-state index is -0.432. The Morgan fingerprint density at radius 3 is 2.68 bits per heavy atom. The lowest BCUT2D eigenvalue weighted by Crippen LogP contribution is -2.02. The first-order valence-electron chi connectivity index (χ1n) is 10.1. The van der Waals surface area contributed by atoms with Crippen LogP contribution in [0.2, 0.25) is 0 Å². The van der Waals surface area contributed by atoms with Crippen LogP contribution in [0.4, 0.5) is 10.1 Å². The third-order valence-corrected chi connectivity index (χ3v) is 5.67. The summed E-state index contributed by atoms with van der Waals surface area (Å²) < 4.78 is 27.4. The molecule has 0 spiro atoms. The van der Waals surface area contributed by atoms with Gasteiger partial charge in [0.1, 0.15) is 41.1 Å². The summed E-state index contributed by atoms with van der Waals surface area (Å²) in [5.74, 6) is 2.14. The highest BCUT2D eigenvalue weighted by atomic mass is 32.2. The van der Waals surface area contributed by atoms with Crippen molar-refractivity contribution in [3.05, 3.63) is 81.1 Å². The molecule has 11 nitrogen and oxygen atoms in total. The number of hydrogen-bond acceptors (Lipinski definition) is 9. The number of aromatic nitrogens is 5. The smallest absolute Gasteiger partial charge is 0.312 e. The second kappa shape index (κ2) is 9.87. The summed E-state index contributed by atoms with van der Waals surface area (Å²) >= 11 is 1.29. The predicted octanol–water partition coefficient (Wildman–Crippen LogP) is 4.25. The van der Waals surface area contributed by atoms with Crippen LogP contribution < -0.4 is 4.74 Å². The highest BCUT2D eigenvalue weighted by Gasteiger charge is 2.22. The Labute approximate surface area is 197 Å². The Morgan fingerprint density at radius 1 is 1.21 bits per heavy atom.